The van der Waals surface area contributed by atoms with E-state index in [1.807, 2.05) is 0 Å². The zero-order valence-corrected chi connectivity index (χ0v) is 15.7. The fourth-order valence-corrected chi connectivity index (χ4v) is 4.02. The summed E-state index contributed by atoms with van der Waals surface area (Å²) in [7, 11) is -2.44. The molecule has 2 N–H and O–H groups in total. The van der Waals surface area contributed by atoms with E-state index >= 15 is 0 Å². The summed E-state index contributed by atoms with van der Waals surface area (Å²) in [4.78, 5) is 15.8. The number of rotatable bonds is 3. The van der Waals surface area contributed by atoms with Crippen LogP contribution in [0.5, 0.6) is 0 Å². The Labute approximate surface area is 162 Å². The molecular formula is C19H14F3N3O3S. The first kappa shape index (κ1) is 19.2. The van der Waals surface area contributed by atoms with Crippen LogP contribution in [0.4, 0.5) is 13.2 Å². The van der Waals surface area contributed by atoms with Gasteiger partial charge in [0.25, 0.3) is 5.56 Å². The SMILES string of the molecule is CNS(=O)(=O)c1ccc2c(c1)c1c[nH]cc1c(=O)n2-c1ccc(C(F)(F)F)cc1. The second-order valence-electron chi connectivity index (χ2n) is 6.35. The van der Waals surface area contributed by atoms with Crippen LogP contribution in [0.3, 0.4) is 0 Å². The van der Waals surface area contributed by atoms with Crippen molar-refractivity contribution in [3.05, 3.63) is 70.8 Å². The fourth-order valence-electron chi connectivity index (χ4n) is 3.26. The number of sulfonamides is 1. The molecule has 4 rings (SSSR count). The summed E-state index contributed by atoms with van der Waals surface area (Å²) in [6.45, 7) is 0. The van der Waals surface area contributed by atoms with Crippen LogP contribution in [0.2, 0.25) is 0 Å². The molecule has 2 aromatic carbocycles. The molecule has 0 aliphatic heterocycles. The second-order valence-corrected chi connectivity index (χ2v) is 8.24. The van der Waals surface area contributed by atoms with Gasteiger partial charge >= 0.3 is 6.18 Å². The molecule has 0 spiro atoms. The van der Waals surface area contributed by atoms with Gasteiger partial charge in [-0.25, -0.2) is 13.1 Å². The van der Waals surface area contributed by atoms with E-state index in [-0.39, 0.29) is 16.0 Å². The van der Waals surface area contributed by atoms with Gasteiger partial charge in [-0.1, -0.05) is 0 Å². The fraction of sp³-hybridized carbons (Fsp3) is 0.105. The topological polar surface area (TPSA) is 84.0 Å². The third kappa shape index (κ3) is 3.10. The van der Waals surface area contributed by atoms with E-state index in [0.717, 1.165) is 12.1 Å². The molecule has 0 saturated carbocycles. The maximum absolute atomic E-state index is 13.0. The maximum Gasteiger partial charge on any atom is 0.416 e. The van der Waals surface area contributed by atoms with Crippen LogP contribution in [-0.2, 0) is 16.2 Å². The van der Waals surface area contributed by atoms with Crippen molar-refractivity contribution in [1.82, 2.24) is 14.3 Å². The molecule has 0 saturated heterocycles. The summed E-state index contributed by atoms with van der Waals surface area (Å²) < 4.78 is 66.5. The van der Waals surface area contributed by atoms with E-state index < -0.39 is 27.3 Å². The number of hydrogen-bond donors (Lipinski definition) is 2. The van der Waals surface area contributed by atoms with Gasteiger partial charge in [0.15, 0.2) is 0 Å². The van der Waals surface area contributed by atoms with Crippen molar-refractivity contribution in [2.75, 3.05) is 7.05 Å². The number of nitrogens with one attached hydrogen (secondary N) is 2. The van der Waals surface area contributed by atoms with Crippen molar-refractivity contribution in [3.8, 4) is 5.69 Å². The number of hydrogen-bond acceptors (Lipinski definition) is 3. The Balaban J connectivity index is 2.06. The quantitative estimate of drug-likeness (QED) is 0.532. The Kier molecular flexibility index (Phi) is 4.28. The Morgan fingerprint density at radius 3 is 2.24 bits per heavy atom. The van der Waals surface area contributed by atoms with Gasteiger partial charge in [0.05, 0.1) is 21.4 Å². The van der Waals surface area contributed by atoms with E-state index in [1.165, 1.54) is 48.1 Å². The number of aromatic nitrogens is 2. The smallest absolute Gasteiger partial charge is 0.366 e. The van der Waals surface area contributed by atoms with Gasteiger partial charge in [0.2, 0.25) is 10.0 Å². The molecule has 0 amide bonds. The van der Waals surface area contributed by atoms with Crippen molar-refractivity contribution < 1.29 is 21.6 Å². The average molecular weight is 421 g/mol. The second kappa shape index (κ2) is 6.46. The minimum absolute atomic E-state index is 0.00705. The van der Waals surface area contributed by atoms with E-state index in [0.29, 0.717) is 16.3 Å². The number of benzene rings is 2. The zero-order valence-electron chi connectivity index (χ0n) is 14.9. The summed E-state index contributed by atoms with van der Waals surface area (Å²) in [6, 6.07) is 8.44. The van der Waals surface area contributed by atoms with Gasteiger partial charge in [-0.05, 0) is 49.5 Å². The van der Waals surface area contributed by atoms with Gasteiger partial charge in [-0.2, -0.15) is 13.2 Å². The minimum Gasteiger partial charge on any atom is -0.366 e. The first-order valence-electron chi connectivity index (χ1n) is 8.40. The lowest BCUT2D eigenvalue weighted by molar-refractivity contribution is -0.137. The molecule has 2 heterocycles. The lowest BCUT2D eigenvalue weighted by Gasteiger charge is -2.14. The van der Waals surface area contributed by atoms with E-state index in [2.05, 4.69) is 9.71 Å². The van der Waals surface area contributed by atoms with E-state index in [4.69, 9.17) is 0 Å². The van der Waals surface area contributed by atoms with E-state index in [9.17, 15) is 26.4 Å². The predicted octanol–water partition coefficient (Wildman–Crippen LogP) is 3.40. The first-order chi connectivity index (χ1) is 13.6. The van der Waals surface area contributed by atoms with Crippen molar-refractivity contribution in [2.24, 2.45) is 0 Å². The van der Waals surface area contributed by atoms with Crippen molar-refractivity contribution in [1.29, 1.82) is 0 Å². The molecule has 0 unspecified atom stereocenters. The summed E-state index contributed by atoms with van der Waals surface area (Å²) >= 11 is 0. The van der Waals surface area contributed by atoms with Crippen LogP contribution in [0.1, 0.15) is 5.56 Å². The van der Waals surface area contributed by atoms with Gasteiger partial charge in [0, 0.05) is 28.9 Å². The Hall–Kier alpha value is -3.11. The first-order valence-corrected chi connectivity index (χ1v) is 9.88. The molecule has 2 aromatic heterocycles. The van der Waals surface area contributed by atoms with Crippen molar-refractivity contribution in [3.63, 3.8) is 0 Å². The minimum atomic E-state index is -4.49. The van der Waals surface area contributed by atoms with Gasteiger partial charge in [-0.3, -0.25) is 9.36 Å². The van der Waals surface area contributed by atoms with Crippen LogP contribution in [0.25, 0.3) is 27.4 Å². The standard InChI is InChI=1S/C19H14F3N3O3S/c1-23-29(27,28)13-6-7-17-14(8-13)15-9-24-10-16(15)18(26)25(17)12-4-2-11(3-5-12)19(20,21)22/h2-10,23-24H,1H3. The molecule has 29 heavy (non-hydrogen) atoms. The third-order valence-electron chi connectivity index (χ3n) is 4.71. The normalized spacial score (nSPS) is 12.7. The molecule has 6 nitrogen and oxygen atoms in total. The molecule has 0 fully saturated rings. The molecule has 0 aliphatic carbocycles. The largest absolute Gasteiger partial charge is 0.416 e. The van der Waals surface area contributed by atoms with Crippen molar-refractivity contribution >= 4 is 31.7 Å². The van der Waals surface area contributed by atoms with Gasteiger partial charge in [0.1, 0.15) is 0 Å². The zero-order chi connectivity index (χ0) is 21.0. The number of halogens is 3. The number of aromatic amines is 1. The summed E-state index contributed by atoms with van der Waals surface area (Å²) in [5.41, 5.74) is -0.654. The number of H-pyrrole nitrogens is 1. The number of pyridine rings is 1. The highest BCUT2D eigenvalue weighted by Gasteiger charge is 2.30. The summed E-state index contributed by atoms with van der Waals surface area (Å²) in [5, 5.41) is 1.27. The lowest BCUT2D eigenvalue weighted by atomic mass is 10.1. The van der Waals surface area contributed by atoms with Gasteiger partial charge in [-0.15, -0.1) is 0 Å². The number of alkyl halides is 3. The molecule has 150 valence electrons. The van der Waals surface area contributed by atoms with Crippen LogP contribution < -0.4 is 10.3 Å². The Morgan fingerprint density at radius 1 is 0.966 bits per heavy atom. The van der Waals surface area contributed by atoms with Crippen LogP contribution >= 0.6 is 0 Å². The van der Waals surface area contributed by atoms with Crippen LogP contribution in [0.15, 0.2) is 64.5 Å². The average Bonchev–Trinajstić information content (AvgIpc) is 3.18. The highest BCUT2D eigenvalue weighted by Crippen LogP contribution is 2.31. The van der Waals surface area contributed by atoms with Crippen LogP contribution in [-0.4, -0.2) is 25.0 Å². The summed E-state index contributed by atoms with van der Waals surface area (Å²) in [5.74, 6) is 0. The Bertz CT molecular complexity index is 1400. The number of fused-ring (bicyclic) bond motifs is 3. The molecule has 10 heteroatoms. The molecule has 0 radical (unpaired) electrons. The molecular weight excluding hydrogens is 407 g/mol. The predicted molar refractivity (Wildman–Crippen MR) is 103 cm³/mol. The highest BCUT2D eigenvalue weighted by atomic mass is 32.2. The molecule has 0 atom stereocenters. The third-order valence-corrected chi connectivity index (χ3v) is 6.12. The monoisotopic (exact) mass is 421 g/mol. The molecule has 0 aliphatic rings. The van der Waals surface area contributed by atoms with Crippen LogP contribution in [0, 0.1) is 0 Å². The number of nitrogens with zero attached hydrogens (tertiary/aromatic N) is 1. The lowest BCUT2D eigenvalue weighted by Crippen LogP contribution is -2.20. The van der Waals surface area contributed by atoms with Gasteiger partial charge < -0.3 is 4.98 Å². The molecule has 0 bridgehead atoms. The van der Waals surface area contributed by atoms with Crippen molar-refractivity contribution in [2.45, 2.75) is 11.1 Å². The maximum atomic E-state index is 13.0. The Morgan fingerprint density at radius 2 is 1.62 bits per heavy atom. The van der Waals surface area contributed by atoms with E-state index in [1.54, 1.807) is 6.20 Å². The molecule has 4 aromatic rings. The summed E-state index contributed by atoms with van der Waals surface area (Å²) in [6.07, 6.45) is -1.45. The highest BCUT2D eigenvalue weighted by molar-refractivity contribution is 7.89.